The first kappa shape index (κ1) is 14.8. The molecule has 1 radical (unpaired) electrons. The molecule has 1 aliphatic heterocycles. The molecule has 0 saturated carbocycles. The van der Waals surface area contributed by atoms with Crippen LogP contribution in [0.4, 0.5) is 0 Å². The predicted octanol–water partition coefficient (Wildman–Crippen LogP) is 3.55. The normalized spacial score (nSPS) is 23.8. The number of rotatable bonds is 4. The zero-order chi connectivity index (χ0) is 12.6. The molecule has 0 aromatic carbocycles. The summed E-state index contributed by atoms with van der Waals surface area (Å²) >= 11 is -1.62. The van der Waals surface area contributed by atoms with Crippen LogP contribution in [-0.2, 0) is 9.31 Å². The van der Waals surface area contributed by atoms with E-state index >= 15 is 0 Å². The minimum atomic E-state index is -1.62. The Morgan fingerprint density at radius 1 is 1.00 bits per heavy atom. The molecule has 0 N–H and O–H groups in total. The zero-order valence-corrected chi connectivity index (χ0v) is 14.7. The molecule has 16 heavy (non-hydrogen) atoms. The maximum absolute atomic E-state index is 5.92. The summed E-state index contributed by atoms with van der Waals surface area (Å²) in [4.78, 5) is 7.40. The number of hydrogen-bond donors (Lipinski definition) is 0. The molecule has 1 rings (SSSR count). The van der Waals surface area contributed by atoms with E-state index < -0.39 is 18.4 Å². The number of hydrogen-bond acceptors (Lipinski definition) is 2. The second kappa shape index (κ2) is 4.81. The molecule has 0 amide bonds. The first-order valence-electron chi connectivity index (χ1n) is 6.22. The Labute approximate surface area is 105 Å². The van der Waals surface area contributed by atoms with Crippen LogP contribution in [0.3, 0.4) is 0 Å². The molecule has 1 saturated heterocycles. The van der Waals surface area contributed by atoms with Crippen molar-refractivity contribution in [2.45, 2.75) is 64.6 Å². The quantitative estimate of drug-likeness (QED) is 0.733. The summed E-state index contributed by atoms with van der Waals surface area (Å²) in [5.41, 5.74) is -0.391. The Bertz CT molecular complexity index is 230. The van der Waals surface area contributed by atoms with E-state index in [1.165, 1.54) is 4.44 Å². The van der Waals surface area contributed by atoms with Crippen LogP contribution in [0.2, 0.25) is 19.3 Å². The Hall–Kier alpha value is 0.784. The molecule has 0 spiro atoms. The molecule has 1 fully saturated rings. The van der Waals surface area contributed by atoms with E-state index in [2.05, 4.69) is 48.8 Å². The van der Waals surface area contributed by atoms with Crippen molar-refractivity contribution >= 4 is 25.5 Å². The Morgan fingerprint density at radius 3 is 1.81 bits per heavy atom. The van der Waals surface area contributed by atoms with E-state index in [0.29, 0.717) is 0 Å². The zero-order valence-electron chi connectivity index (χ0n) is 11.9. The van der Waals surface area contributed by atoms with Crippen LogP contribution in [0.15, 0.2) is 0 Å². The van der Waals surface area contributed by atoms with Crippen molar-refractivity contribution in [3.8, 4) is 0 Å². The van der Waals surface area contributed by atoms with E-state index in [1.807, 2.05) is 0 Å². The van der Waals surface area contributed by atoms with Crippen LogP contribution in [0.1, 0.15) is 34.1 Å². The van der Waals surface area contributed by atoms with Gasteiger partial charge in [-0.1, -0.05) is 0 Å². The van der Waals surface area contributed by atoms with Crippen molar-refractivity contribution in [3.05, 3.63) is 6.32 Å². The van der Waals surface area contributed by atoms with Crippen LogP contribution in [0.25, 0.3) is 0 Å². The van der Waals surface area contributed by atoms with Crippen LogP contribution < -0.4 is 0 Å². The van der Waals surface area contributed by atoms with E-state index in [0.717, 1.165) is 6.42 Å². The average molecular weight is 332 g/mol. The third-order valence-electron chi connectivity index (χ3n) is 3.52. The summed E-state index contributed by atoms with van der Waals surface area (Å²) in [7, 11) is -0.112. The van der Waals surface area contributed by atoms with Gasteiger partial charge in [0.05, 0.1) is 0 Å². The molecule has 2 nitrogen and oxygen atoms in total. The van der Waals surface area contributed by atoms with Gasteiger partial charge in [0, 0.05) is 0 Å². The summed E-state index contributed by atoms with van der Waals surface area (Å²) in [5.74, 6) is 0. The van der Waals surface area contributed by atoms with Gasteiger partial charge < -0.3 is 0 Å². The summed E-state index contributed by atoms with van der Waals surface area (Å²) in [6.45, 7) is 8.40. The van der Waals surface area contributed by atoms with Gasteiger partial charge in [-0.2, -0.15) is 0 Å². The van der Waals surface area contributed by atoms with Crippen LogP contribution in [0.5, 0.6) is 0 Å². The van der Waals surface area contributed by atoms with Crippen molar-refractivity contribution in [3.63, 3.8) is 0 Å². The van der Waals surface area contributed by atoms with Crippen molar-refractivity contribution in [2.24, 2.45) is 0 Å². The first-order valence-corrected chi connectivity index (χ1v) is 16.8. The second-order valence-electron chi connectivity index (χ2n) is 6.96. The van der Waals surface area contributed by atoms with Gasteiger partial charge in [0.2, 0.25) is 0 Å². The third kappa shape index (κ3) is 3.92. The van der Waals surface area contributed by atoms with Gasteiger partial charge in [-0.15, -0.1) is 0 Å². The Balaban J connectivity index is 2.38. The van der Waals surface area contributed by atoms with Crippen LogP contribution in [0, 0.1) is 6.32 Å². The molecule has 93 valence electrons. The summed E-state index contributed by atoms with van der Waals surface area (Å²) < 4.78 is 13.2. The average Bonchev–Trinajstić information content (AvgIpc) is 2.17. The van der Waals surface area contributed by atoms with E-state index in [4.69, 9.17) is 9.31 Å². The van der Waals surface area contributed by atoms with E-state index in [9.17, 15) is 0 Å². The molecular weight excluding hydrogens is 306 g/mol. The molecule has 1 aliphatic rings. The van der Waals surface area contributed by atoms with Crippen molar-refractivity contribution < 1.29 is 9.31 Å². The van der Waals surface area contributed by atoms with Crippen LogP contribution in [-0.4, -0.2) is 36.7 Å². The second-order valence-corrected chi connectivity index (χ2v) is 23.0. The van der Waals surface area contributed by atoms with Gasteiger partial charge >= 0.3 is 106 Å². The maximum atomic E-state index is 5.92. The predicted molar refractivity (Wildman–Crippen MR) is 73.2 cm³/mol. The summed E-state index contributed by atoms with van der Waals surface area (Å²) in [6.07, 6.45) is 3.34. The molecule has 0 aromatic rings. The van der Waals surface area contributed by atoms with E-state index in [-0.39, 0.29) is 18.3 Å². The monoisotopic (exact) mass is 333 g/mol. The summed E-state index contributed by atoms with van der Waals surface area (Å²) in [5, 5.41) is 0. The van der Waals surface area contributed by atoms with Gasteiger partial charge in [-0.3, -0.25) is 0 Å². The standard InChI is InChI=1S/C9H17BO2.3CH3.Sn/c1-6-7-10-11-8(2,3)9(4,5)12-10;;;;/h7H,1,6H2,2-5H3;3*1H3;. The van der Waals surface area contributed by atoms with Gasteiger partial charge in [-0.05, 0) is 0 Å². The molecule has 0 aliphatic carbocycles. The molecule has 0 atom stereocenters. The fourth-order valence-corrected chi connectivity index (χ4v) is 4.58. The fourth-order valence-electron chi connectivity index (χ4n) is 1.64. The Kier molecular flexibility index (Phi) is 4.46. The van der Waals surface area contributed by atoms with Gasteiger partial charge in [-0.25, -0.2) is 0 Å². The minimum absolute atomic E-state index is 0.112. The van der Waals surface area contributed by atoms with Crippen molar-refractivity contribution in [1.82, 2.24) is 0 Å². The molecular formula is C12H26BO2Sn. The van der Waals surface area contributed by atoms with Crippen molar-refractivity contribution in [2.75, 3.05) is 0 Å². The molecule has 0 bridgehead atoms. The van der Waals surface area contributed by atoms with Gasteiger partial charge in [0.25, 0.3) is 0 Å². The first-order chi connectivity index (χ1) is 7.04. The van der Waals surface area contributed by atoms with Gasteiger partial charge in [0.1, 0.15) is 0 Å². The van der Waals surface area contributed by atoms with Crippen molar-refractivity contribution in [1.29, 1.82) is 0 Å². The van der Waals surface area contributed by atoms with Gasteiger partial charge in [0.15, 0.2) is 0 Å². The Morgan fingerprint density at radius 2 is 1.44 bits per heavy atom. The molecule has 0 aromatic heterocycles. The fraction of sp³-hybridized carbons (Fsp3) is 0.917. The molecule has 0 unspecified atom stereocenters. The summed E-state index contributed by atoms with van der Waals surface area (Å²) in [6, 6.07) is 0. The topological polar surface area (TPSA) is 18.5 Å². The third-order valence-corrected chi connectivity index (χ3v) is 8.63. The SMILES string of the molecule is CC1(C)OB([CH]C[CH2][Sn]([CH3])([CH3])[CH3])OC1(C)C. The van der Waals surface area contributed by atoms with E-state index in [1.54, 1.807) is 0 Å². The van der Waals surface area contributed by atoms with Crippen LogP contribution >= 0.6 is 0 Å². The molecule has 4 heteroatoms. The molecule has 1 heterocycles.